The molecule has 4 heteroatoms. The third-order valence-corrected chi connectivity index (χ3v) is 1.22. The second-order valence-electron chi connectivity index (χ2n) is 1.99. The van der Waals surface area contributed by atoms with Crippen LogP contribution in [0.25, 0.3) is 0 Å². The van der Waals surface area contributed by atoms with Crippen LogP contribution in [-0.2, 0) is 14.1 Å². The van der Waals surface area contributed by atoms with Crippen LogP contribution in [-0.4, -0.2) is 4.57 Å². The third kappa shape index (κ3) is 1.80. The summed E-state index contributed by atoms with van der Waals surface area (Å²) in [5.74, 6) is 0. The molecule has 0 N–H and O–H groups in total. The zero-order valence-electron chi connectivity index (χ0n) is 5.91. The Labute approximate surface area is 76.3 Å². The summed E-state index contributed by atoms with van der Waals surface area (Å²) in [6, 6.07) is 1.82. The number of hydrogen-bond donors (Lipinski definition) is 0. The predicted molar refractivity (Wildman–Crippen MR) is 32.9 cm³/mol. The molecule has 0 spiro atoms. The van der Waals surface area contributed by atoms with E-state index in [0.717, 1.165) is 0 Å². The molecule has 0 atom stereocenters. The molecular formula is C6H9IN2O. The van der Waals surface area contributed by atoms with Crippen LogP contribution in [0.3, 0.4) is 0 Å². The van der Waals surface area contributed by atoms with E-state index in [2.05, 4.69) is 0 Å². The molecule has 1 rings (SSSR count). The largest absolute Gasteiger partial charge is 1.00 e. The number of nitrogens with zero attached hydrogens (tertiary/aromatic N) is 2. The third-order valence-electron chi connectivity index (χ3n) is 1.22. The van der Waals surface area contributed by atoms with E-state index in [4.69, 9.17) is 0 Å². The standard InChI is InChI=1S/C6H9N2O.HI/c1-7-4-3-5-8(2)6(7)9;/h3-5H,1-2H3;1H/q+1;/p-1. The second kappa shape index (κ2) is 3.70. The summed E-state index contributed by atoms with van der Waals surface area (Å²) in [5, 5.41) is 0. The maximum absolute atomic E-state index is 10.9. The normalized spacial score (nSPS) is 8.60. The number of aryl methyl sites for hydroxylation is 2. The van der Waals surface area contributed by atoms with E-state index in [9.17, 15) is 4.79 Å². The lowest BCUT2D eigenvalue weighted by atomic mass is 10.6. The van der Waals surface area contributed by atoms with Crippen LogP contribution in [0.4, 0.5) is 0 Å². The highest BCUT2D eigenvalue weighted by molar-refractivity contribution is 4.72. The fourth-order valence-corrected chi connectivity index (χ4v) is 0.673. The van der Waals surface area contributed by atoms with Gasteiger partial charge in [0, 0.05) is 6.07 Å². The smallest absolute Gasteiger partial charge is 0.497 e. The van der Waals surface area contributed by atoms with Crippen molar-refractivity contribution in [2.24, 2.45) is 14.1 Å². The lowest BCUT2D eigenvalue weighted by Crippen LogP contribution is -3.00. The van der Waals surface area contributed by atoms with Crippen LogP contribution in [0, 0.1) is 0 Å². The Bertz CT molecular complexity index is 245. The highest BCUT2D eigenvalue weighted by Crippen LogP contribution is 1.66. The van der Waals surface area contributed by atoms with Gasteiger partial charge in [-0.1, -0.05) is 0 Å². The maximum Gasteiger partial charge on any atom is 0.497 e. The molecule has 0 amide bonds. The molecule has 0 bridgehead atoms. The van der Waals surface area contributed by atoms with E-state index in [-0.39, 0.29) is 29.7 Å². The van der Waals surface area contributed by atoms with Crippen molar-refractivity contribution in [3.8, 4) is 0 Å². The van der Waals surface area contributed by atoms with Crippen molar-refractivity contribution in [3.63, 3.8) is 0 Å². The van der Waals surface area contributed by atoms with E-state index in [1.54, 1.807) is 26.5 Å². The van der Waals surface area contributed by atoms with Gasteiger partial charge in [0.05, 0.1) is 26.5 Å². The van der Waals surface area contributed by atoms with Crippen LogP contribution >= 0.6 is 0 Å². The number of rotatable bonds is 0. The topological polar surface area (TPSA) is 25.9 Å². The van der Waals surface area contributed by atoms with Gasteiger partial charge in [-0.25, -0.2) is 9.13 Å². The molecule has 0 unspecified atom stereocenters. The van der Waals surface area contributed by atoms with Gasteiger partial charge in [0.15, 0.2) is 0 Å². The zero-order chi connectivity index (χ0) is 6.85. The molecule has 0 radical (unpaired) electrons. The van der Waals surface area contributed by atoms with Gasteiger partial charge >= 0.3 is 5.69 Å². The molecule has 0 saturated carbocycles. The van der Waals surface area contributed by atoms with E-state index in [0.29, 0.717) is 0 Å². The first kappa shape index (κ1) is 9.61. The van der Waals surface area contributed by atoms with Gasteiger partial charge in [0.1, 0.15) is 0 Å². The average molecular weight is 252 g/mol. The summed E-state index contributed by atoms with van der Waals surface area (Å²) in [6.07, 6.45) is 3.45. The first-order valence-corrected chi connectivity index (χ1v) is 2.73. The fraction of sp³-hybridized carbons (Fsp3) is 0.333. The molecular weight excluding hydrogens is 243 g/mol. The first-order chi connectivity index (χ1) is 4.22. The van der Waals surface area contributed by atoms with Gasteiger partial charge in [-0.15, -0.1) is 0 Å². The molecule has 0 saturated heterocycles. The molecule has 0 aliphatic rings. The summed E-state index contributed by atoms with van der Waals surface area (Å²) in [4.78, 5) is 10.9. The monoisotopic (exact) mass is 252 g/mol. The molecule has 3 nitrogen and oxygen atoms in total. The minimum absolute atomic E-state index is 0. The number of hydrogen-bond acceptors (Lipinski definition) is 1. The SMILES string of the molecule is Cn1ccc[n+](C)c1=O.[I-]. The van der Waals surface area contributed by atoms with Crippen LogP contribution in [0.2, 0.25) is 0 Å². The minimum atomic E-state index is -0.00231. The molecule has 1 aromatic rings. The lowest BCUT2D eigenvalue weighted by molar-refractivity contribution is -0.690. The van der Waals surface area contributed by atoms with Crippen LogP contribution in [0.15, 0.2) is 23.3 Å². The van der Waals surface area contributed by atoms with E-state index < -0.39 is 0 Å². The first-order valence-electron chi connectivity index (χ1n) is 2.73. The summed E-state index contributed by atoms with van der Waals surface area (Å²) < 4.78 is 3.06. The van der Waals surface area contributed by atoms with Gasteiger partial charge < -0.3 is 24.0 Å². The van der Waals surface area contributed by atoms with Crippen molar-refractivity contribution in [3.05, 3.63) is 28.9 Å². The highest BCUT2D eigenvalue weighted by Gasteiger charge is 1.97. The summed E-state index contributed by atoms with van der Waals surface area (Å²) >= 11 is 0. The minimum Gasteiger partial charge on any atom is -1.00 e. The number of aromatic nitrogens is 2. The average Bonchev–Trinajstić information content (AvgIpc) is 1.83. The van der Waals surface area contributed by atoms with Crippen molar-refractivity contribution in [1.29, 1.82) is 0 Å². The molecule has 56 valence electrons. The van der Waals surface area contributed by atoms with Gasteiger partial charge in [-0.3, -0.25) is 0 Å². The number of halogens is 1. The summed E-state index contributed by atoms with van der Waals surface area (Å²) in [6.45, 7) is 0. The summed E-state index contributed by atoms with van der Waals surface area (Å²) in [7, 11) is 3.45. The Morgan fingerprint density at radius 2 is 2.20 bits per heavy atom. The van der Waals surface area contributed by atoms with Gasteiger partial charge in [-0.05, 0) is 0 Å². The van der Waals surface area contributed by atoms with Crippen molar-refractivity contribution in [2.45, 2.75) is 0 Å². The molecule has 1 aromatic heterocycles. The second-order valence-corrected chi connectivity index (χ2v) is 1.99. The molecule has 0 aliphatic heterocycles. The Hall–Kier alpha value is -0.390. The molecule has 0 fully saturated rings. The molecule has 0 aliphatic carbocycles. The Balaban J connectivity index is 0.000000810. The van der Waals surface area contributed by atoms with Crippen molar-refractivity contribution in [2.75, 3.05) is 0 Å². The molecule has 10 heavy (non-hydrogen) atoms. The molecule has 0 aromatic carbocycles. The van der Waals surface area contributed by atoms with E-state index >= 15 is 0 Å². The predicted octanol–water partition coefficient (Wildman–Crippen LogP) is -3.79. The fourth-order valence-electron chi connectivity index (χ4n) is 0.673. The quantitative estimate of drug-likeness (QED) is 0.344. The zero-order valence-corrected chi connectivity index (χ0v) is 8.07. The summed E-state index contributed by atoms with van der Waals surface area (Å²) in [5.41, 5.74) is -0.00231. The van der Waals surface area contributed by atoms with E-state index in [1.807, 2.05) is 6.07 Å². The van der Waals surface area contributed by atoms with Gasteiger partial charge in [0.25, 0.3) is 0 Å². The Kier molecular flexibility index (Phi) is 3.55. The van der Waals surface area contributed by atoms with Crippen LogP contribution in [0.5, 0.6) is 0 Å². The van der Waals surface area contributed by atoms with E-state index in [1.165, 1.54) is 9.13 Å². The lowest BCUT2D eigenvalue weighted by Gasteiger charge is -1.88. The van der Waals surface area contributed by atoms with Gasteiger partial charge in [0.2, 0.25) is 0 Å². The highest BCUT2D eigenvalue weighted by atomic mass is 127. The Morgan fingerprint density at radius 1 is 1.60 bits per heavy atom. The van der Waals surface area contributed by atoms with Crippen LogP contribution < -0.4 is 34.2 Å². The van der Waals surface area contributed by atoms with Crippen molar-refractivity contribution in [1.82, 2.24) is 4.57 Å². The maximum atomic E-state index is 10.9. The molecule has 1 heterocycles. The Morgan fingerprint density at radius 3 is 2.60 bits per heavy atom. The van der Waals surface area contributed by atoms with Crippen LogP contribution in [0.1, 0.15) is 0 Å². The van der Waals surface area contributed by atoms with Crippen molar-refractivity contribution < 1.29 is 28.5 Å². The van der Waals surface area contributed by atoms with Gasteiger partial charge in [-0.2, -0.15) is 4.79 Å². The van der Waals surface area contributed by atoms with Crippen molar-refractivity contribution >= 4 is 0 Å².